The third-order valence-corrected chi connectivity index (χ3v) is 7.13. The van der Waals surface area contributed by atoms with Gasteiger partial charge in [-0.1, -0.05) is 47.1 Å². The number of nitrogens with zero attached hydrogens (tertiary/aromatic N) is 4. The van der Waals surface area contributed by atoms with Crippen molar-refractivity contribution in [2.24, 2.45) is 0 Å². The molecule has 1 aliphatic rings. The fraction of sp³-hybridized carbons (Fsp3) is 0.308. The highest BCUT2D eigenvalue weighted by Crippen LogP contribution is 2.34. The zero-order chi connectivity index (χ0) is 24.9. The predicted molar refractivity (Wildman–Crippen MR) is 140 cm³/mol. The molecule has 2 aromatic carbocycles. The van der Waals surface area contributed by atoms with Crippen LogP contribution in [0.25, 0.3) is 0 Å². The van der Waals surface area contributed by atoms with Crippen molar-refractivity contribution in [1.82, 2.24) is 19.7 Å². The second kappa shape index (κ2) is 11.1. The molecule has 2 heterocycles. The third kappa shape index (κ3) is 5.77. The lowest BCUT2D eigenvalue weighted by Gasteiger charge is -2.25. The van der Waals surface area contributed by atoms with Gasteiger partial charge in [0.25, 0.3) is 5.91 Å². The quantitative estimate of drug-likeness (QED) is 0.323. The number of hydrogen-bond donors (Lipinski definition) is 1. The SMILES string of the molecule is C=CCn1c(SCC(=O)Nc2ccc(Cl)cc2C)nnc1C1CCCN1C(=O)c1cccc(C)c1. The van der Waals surface area contributed by atoms with E-state index in [-0.39, 0.29) is 23.6 Å². The molecule has 1 saturated heterocycles. The molecule has 7 nitrogen and oxygen atoms in total. The van der Waals surface area contributed by atoms with Crippen molar-refractivity contribution in [3.63, 3.8) is 0 Å². The van der Waals surface area contributed by atoms with Crippen LogP contribution in [0.3, 0.4) is 0 Å². The molecule has 1 aliphatic heterocycles. The van der Waals surface area contributed by atoms with Crippen LogP contribution in [0.1, 0.15) is 46.2 Å². The largest absolute Gasteiger partial charge is 0.328 e. The van der Waals surface area contributed by atoms with Crippen LogP contribution in [0.4, 0.5) is 5.69 Å². The van der Waals surface area contributed by atoms with E-state index in [4.69, 9.17) is 11.6 Å². The summed E-state index contributed by atoms with van der Waals surface area (Å²) in [6.07, 6.45) is 3.48. The molecule has 0 saturated carbocycles. The Balaban J connectivity index is 1.49. The highest BCUT2D eigenvalue weighted by molar-refractivity contribution is 7.99. The van der Waals surface area contributed by atoms with Gasteiger partial charge in [-0.3, -0.25) is 9.59 Å². The van der Waals surface area contributed by atoms with Crippen molar-refractivity contribution in [3.05, 3.63) is 82.7 Å². The molecule has 3 aromatic rings. The molecule has 182 valence electrons. The summed E-state index contributed by atoms with van der Waals surface area (Å²) in [7, 11) is 0. The van der Waals surface area contributed by atoms with Crippen LogP contribution in [0, 0.1) is 13.8 Å². The van der Waals surface area contributed by atoms with Gasteiger partial charge < -0.3 is 14.8 Å². The molecule has 1 N–H and O–H groups in total. The first kappa shape index (κ1) is 25.0. The summed E-state index contributed by atoms with van der Waals surface area (Å²) in [6.45, 7) is 8.90. The minimum absolute atomic E-state index is 0.00346. The summed E-state index contributed by atoms with van der Waals surface area (Å²) in [5.41, 5.74) is 3.35. The number of likely N-dealkylation sites (tertiary alicyclic amines) is 1. The van der Waals surface area contributed by atoms with Crippen LogP contribution in [-0.2, 0) is 11.3 Å². The van der Waals surface area contributed by atoms with E-state index in [9.17, 15) is 9.59 Å². The van der Waals surface area contributed by atoms with E-state index >= 15 is 0 Å². The lowest BCUT2D eigenvalue weighted by molar-refractivity contribution is -0.113. The van der Waals surface area contributed by atoms with Crippen molar-refractivity contribution < 1.29 is 9.59 Å². The van der Waals surface area contributed by atoms with E-state index in [1.807, 2.05) is 53.6 Å². The second-order valence-corrected chi connectivity index (χ2v) is 9.94. The maximum Gasteiger partial charge on any atom is 0.254 e. The molecule has 1 unspecified atom stereocenters. The maximum atomic E-state index is 13.3. The van der Waals surface area contributed by atoms with Gasteiger partial charge in [0, 0.05) is 29.4 Å². The zero-order valence-electron chi connectivity index (χ0n) is 19.8. The maximum absolute atomic E-state index is 13.3. The number of carbonyl (C=O) groups excluding carboxylic acids is 2. The van der Waals surface area contributed by atoms with Gasteiger partial charge in [-0.15, -0.1) is 16.8 Å². The summed E-state index contributed by atoms with van der Waals surface area (Å²) in [5.74, 6) is 0.747. The number of carbonyl (C=O) groups is 2. The molecular weight excluding hydrogens is 482 g/mol. The summed E-state index contributed by atoms with van der Waals surface area (Å²) < 4.78 is 1.95. The third-order valence-electron chi connectivity index (χ3n) is 5.93. The summed E-state index contributed by atoms with van der Waals surface area (Å²) >= 11 is 7.31. The van der Waals surface area contributed by atoms with Crippen LogP contribution >= 0.6 is 23.4 Å². The first-order valence-electron chi connectivity index (χ1n) is 11.5. The highest BCUT2D eigenvalue weighted by atomic mass is 35.5. The molecule has 1 atom stereocenters. The molecule has 2 amide bonds. The first-order chi connectivity index (χ1) is 16.9. The number of nitrogens with one attached hydrogen (secondary N) is 1. The highest BCUT2D eigenvalue weighted by Gasteiger charge is 2.34. The van der Waals surface area contributed by atoms with Gasteiger partial charge in [0.1, 0.15) is 0 Å². The number of amides is 2. The number of anilines is 1. The van der Waals surface area contributed by atoms with E-state index in [0.29, 0.717) is 28.8 Å². The Bertz CT molecular complexity index is 1260. The Labute approximate surface area is 214 Å². The minimum Gasteiger partial charge on any atom is -0.328 e. The standard InChI is InChI=1S/C26H28ClN5O2S/c1-4-12-32-24(22-9-6-13-31(22)25(34)19-8-5-7-17(2)14-19)29-30-26(32)35-16-23(33)28-21-11-10-20(27)15-18(21)3/h4-5,7-8,10-11,14-15,22H,1,6,9,12-13,16H2,2-3H3,(H,28,33). The van der Waals surface area contributed by atoms with E-state index in [1.54, 1.807) is 18.2 Å². The summed E-state index contributed by atoms with van der Waals surface area (Å²) in [4.78, 5) is 27.7. The second-order valence-electron chi connectivity index (χ2n) is 8.56. The Hall–Kier alpha value is -3.10. The molecule has 0 radical (unpaired) electrons. The average Bonchev–Trinajstić information content (AvgIpc) is 3.46. The normalized spacial score (nSPS) is 15.3. The Kier molecular flexibility index (Phi) is 7.93. The van der Waals surface area contributed by atoms with Crippen LogP contribution in [0.5, 0.6) is 0 Å². The van der Waals surface area contributed by atoms with Crippen molar-refractivity contribution >= 4 is 40.9 Å². The van der Waals surface area contributed by atoms with E-state index in [2.05, 4.69) is 22.1 Å². The van der Waals surface area contributed by atoms with Gasteiger partial charge in [0.2, 0.25) is 5.91 Å². The summed E-state index contributed by atoms with van der Waals surface area (Å²) in [5, 5.41) is 13.0. The van der Waals surface area contributed by atoms with E-state index in [1.165, 1.54) is 11.8 Å². The lowest BCUT2D eigenvalue weighted by Crippen LogP contribution is -2.32. The molecule has 0 spiro atoms. The number of rotatable bonds is 8. The van der Waals surface area contributed by atoms with Crippen LogP contribution in [-0.4, -0.2) is 43.8 Å². The van der Waals surface area contributed by atoms with Crippen molar-refractivity contribution in [2.45, 2.75) is 44.4 Å². The molecule has 4 rings (SSSR count). The smallest absolute Gasteiger partial charge is 0.254 e. The van der Waals surface area contributed by atoms with Crippen LogP contribution < -0.4 is 5.32 Å². The predicted octanol–water partition coefficient (Wildman–Crippen LogP) is 5.44. The van der Waals surface area contributed by atoms with Gasteiger partial charge in [-0.25, -0.2) is 0 Å². The van der Waals surface area contributed by atoms with Gasteiger partial charge in [-0.2, -0.15) is 0 Å². The Morgan fingerprint density at radius 1 is 1.23 bits per heavy atom. The fourth-order valence-corrected chi connectivity index (χ4v) is 5.24. The molecular formula is C26H28ClN5O2S. The monoisotopic (exact) mass is 509 g/mol. The molecule has 1 aromatic heterocycles. The number of allylic oxidation sites excluding steroid dienone is 1. The fourth-order valence-electron chi connectivity index (χ4n) is 4.26. The van der Waals surface area contributed by atoms with Gasteiger partial charge >= 0.3 is 0 Å². The number of halogens is 1. The lowest BCUT2D eigenvalue weighted by atomic mass is 10.1. The number of thioether (sulfide) groups is 1. The number of aryl methyl sites for hydroxylation is 2. The van der Waals surface area contributed by atoms with Gasteiger partial charge in [0.15, 0.2) is 11.0 Å². The Morgan fingerprint density at radius 2 is 2.06 bits per heavy atom. The van der Waals surface area contributed by atoms with E-state index in [0.717, 1.165) is 35.5 Å². The average molecular weight is 510 g/mol. The Morgan fingerprint density at radius 3 is 2.80 bits per heavy atom. The zero-order valence-corrected chi connectivity index (χ0v) is 21.4. The molecule has 9 heteroatoms. The molecule has 1 fully saturated rings. The number of hydrogen-bond acceptors (Lipinski definition) is 5. The topological polar surface area (TPSA) is 80.1 Å². The molecule has 0 bridgehead atoms. The van der Waals surface area contributed by atoms with E-state index < -0.39 is 0 Å². The van der Waals surface area contributed by atoms with Gasteiger partial charge in [0.05, 0.1) is 11.8 Å². The molecule has 0 aliphatic carbocycles. The van der Waals surface area contributed by atoms with Gasteiger partial charge in [-0.05, 0) is 62.6 Å². The number of aromatic nitrogens is 3. The van der Waals surface area contributed by atoms with Crippen LogP contribution in [0.2, 0.25) is 5.02 Å². The van der Waals surface area contributed by atoms with Crippen molar-refractivity contribution in [1.29, 1.82) is 0 Å². The van der Waals surface area contributed by atoms with Crippen molar-refractivity contribution in [3.8, 4) is 0 Å². The van der Waals surface area contributed by atoms with Crippen molar-refractivity contribution in [2.75, 3.05) is 17.6 Å². The molecule has 35 heavy (non-hydrogen) atoms. The first-order valence-corrected chi connectivity index (χ1v) is 12.8. The summed E-state index contributed by atoms with van der Waals surface area (Å²) in [6, 6.07) is 12.8. The minimum atomic E-state index is -0.171. The number of benzene rings is 2. The van der Waals surface area contributed by atoms with Crippen LogP contribution in [0.15, 0.2) is 60.3 Å².